The Labute approximate surface area is 91.0 Å². The van der Waals surface area contributed by atoms with Gasteiger partial charge in [-0.25, -0.2) is 0 Å². The average molecular weight is 205 g/mol. The van der Waals surface area contributed by atoms with Gasteiger partial charge in [0, 0.05) is 17.8 Å². The maximum Gasteiger partial charge on any atom is 0.0534 e. The van der Waals surface area contributed by atoms with Gasteiger partial charge in [0.1, 0.15) is 0 Å². The largest absolute Gasteiger partial charge is 0.310 e. The molecule has 1 aliphatic rings. The summed E-state index contributed by atoms with van der Waals surface area (Å²) in [6, 6.07) is 0.398. The molecule has 0 bridgehead atoms. The van der Waals surface area contributed by atoms with E-state index in [0.29, 0.717) is 6.04 Å². The quantitative estimate of drug-likeness (QED) is 0.741. The molecule has 2 rings (SSSR count). The molecule has 15 heavy (non-hydrogen) atoms. The zero-order valence-electron chi connectivity index (χ0n) is 9.24. The Kier molecular flexibility index (Phi) is 3.56. The summed E-state index contributed by atoms with van der Waals surface area (Å²) in [7, 11) is 0. The van der Waals surface area contributed by atoms with Crippen molar-refractivity contribution in [2.75, 3.05) is 6.54 Å². The number of rotatable bonds is 4. The van der Waals surface area contributed by atoms with Gasteiger partial charge in [0.15, 0.2) is 0 Å². The molecule has 82 valence electrons. The third-order valence-corrected chi connectivity index (χ3v) is 3.11. The van der Waals surface area contributed by atoms with Crippen LogP contribution in [0.1, 0.15) is 37.8 Å². The van der Waals surface area contributed by atoms with Crippen LogP contribution >= 0.6 is 0 Å². The molecular formula is C12H19N3. The van der Waals surface area contributed by atoms with E-state index in [0.717, 1.165) is 12.5 Å². The van der Waals surface area contributed by atoms with Crippen LogP contribution in [0.2, 0.25) is 0 Å². The van der Waals surface area contributed by atoms with E-state index in [1.807, 2.05) is 12.4 Å². The van der Waals surface area contributed by atoms with E-state index in [1.165, 1.54) is 24.8 Å². The molecule has 2 N–H and O–H groups in total. The first-order valence-electron chi connectivity index (χ1n) is 5.73. The predicted octanol–water partition coefficient (Wildman–Crippen LogP) is 2.42. The minimum absolute atomic E-state index is 0.398. The molecular weight excluding hydrogens is 186 g/mol. The number of hydrogen-bond acceptors (Lipinski definition) is 2. The summed E-state index contributed by atoms with van der Waals surface area (Å²) < 4.78 is 0. The lowest BCUT2D eigenvalue weighted by molar-refractivity contribution is 0.415. The van der Waals surface area contributed by atoms with Crippen LogP contribution in [0.15, 0.2) is 24.5 Å². The van der Waals surface area contributed by atoms with Crippen molar-refractivity contribution in [3.63, 3.8) is 0 Å². The molecule has 0 fully saturated rings. The fourth-order valence-corrected chi connectivity index (χ4v) is 2.00. The minimum Gasteiger partial charge on any atom is -0.310 e. The van der Waals surface area contributed by atoms with Gasteiger partial charge in [-0.3, -0.25) is 5.10 Å². The molecule has 3 heteroatoms. The Morgan fingerprint density at radius 2 is 2.53 bits per heavy atom. The van der Waals surface area contributed by atoms with Crippen LogP contribution in [-0.4, -0.2) is 16.7 Å². The molecule has 1 heterocycles. The van der Waals surface area contributed by atoms with E-state index in [9.17, 15) is 0 Å². The second-order valence-electron chi connectivity index (χ2n) is 4.31. The van der Waals surface area contributed by atoms with E-state index >= 15 is 0 Å². The number of H-pyrrole nitrogens is 1. The van der Waals surface area contributed by atoms with Crippen LogP contribution in [0.5, 0.6) is 0 Å². The van der Waals surface area contributed by atoms with Crippen LogP contribution in [0.4, 0.5) is 0 Å². The maximum atomic E-state index is 3.96. The van der Waals surface area contributed by atoms with Crippen molar-refractivity contribution in [1.29, 1.82) is 0 Å². The van der Waals surface area contributed by atoms with Crippen molar-refractivity contribution in [2.45, 2.75) is 32.2 Å². The lowest BCUT2D eigenvalue weighted by Crippen LogP contribution is -2.26. The molecule has 2 atom stereocenters. The van der Waals surface area contributed by atoms with Gasteiger partial charge in [0.25, 0.3) is 0 Å². The van der Waals surface area contributed by atoms with Crippen LogP contribution in [0, 0.1) is 5.92 Å². The molecule has 1 aliphatic carbocycles. The lowest BCUT2D eigenvalue weighted by Gasteiger charge is -2.20. The number of hydrogen-bond donors (Lipinski definition) is 2. The van der Waals surface area contributed by atoms with Crippen molar-refractivity contribution in [3.8, 4) is 0 Å². The molecule has 0 radical (unpaired) electrons. The first-order chi connectivity index (χ1) is 7.36. The monoisotopic (exact) mass is 205 g/mol. The normalized spacial score (nSPS) is 22.9. The molecule has 3 nitrogen and oxygen atoms in total. The molecule has 0 saturated carbocycles. The number of allylic oxidation sites excluding steroid dienone is 2. The topological polar surface area (TPSA) is 40.7 Å². The third-order valence-electron chi connectivity index (χ3n) is 3.11. The molecule has 0 saturated heterocycles. The maximum absolute atomic E-state index is 3.96. The van der Waals surface area contributed by atoms with Gasteiger partial charge in [-0.2, -0.15) is 5.10 Å². The first kappa shape index (κ1) is 10.4. The Balaban J connectivity index is 1.75. The standard InChI is InChI=1S/C12H19N3/c1-10(12-8-14-15-9-12)13-7-11-5-3-2-4-6-11/h2-3,8-11,13H,4-7H2,1H3,(H,14,15). The van der Waals surface area contributed by atoms with Crippen LogP contribution in [0.25, 0.3) is 0 Å². The average Bonchev–Trinajstić information content (AvgIpc) is 2.81. The third kappa shape index (κ3) is 2.93. The van der Waals surface area contributed by atoms with Gasteiger partial charge in [-0.1, -0.05) is 12.2 Å². The zero-order valence-corrected chi connectivity index (χ0v) is 9.24. The summed E-state index contributed by atoms with van der Waals surface area (Å²) in [4.78, 5) is 0. The minimum atomic E-state index is 0.398. The molecule has 0 amide bonds. The fraction of sp³-hybridized carbons (Fsp3) is 0.583. The van der Waals surface area contributed by atoms with Crippen molar-refractivity contribution in [3.05, 3.63) is 30.1 Å². The van der Waals surface area contributed by atoms with Gasteiger partial charge in [-0.15, -0.1) is 0 Å². The molecule has 1 aromatic heterocycles. The molecule has 0 aromatic carbocycles. The predicted molar refractivity (Wildman–Crippen MR) is 61.5 cm³/mol. The van der Waals surface area contributed by atoms with Crippen LogP contribution in [0.3, 0.4) is 0 Å². The Morgan fingerprint density at radius 1 is 1.60 bits per heavy atom. The van der Waals surface area contributed by atoms with Crippen LogP contribution in [-0.2, 0) is 0 Å². The highest BCUT2D eigenvalue weighted by Crippen LogP contribution is 2.18. The van der Waals surface area contributed by atoms with Gasteiger partial charge in [-0.05, 0) is 38.6 Å². The molecule has 0 spiro atoms. The lowest BCUT2D eigenvalue weighted by atomic mass is 9.94. The number of aromatic nitrogens is 2. The second-order valence-corrected chi connectivity index (χ2v) is 4.31. The van der Waals surface area contributed by atoms with Crippen molar-refractivity contribution >= 4 is 0 Å². The highest BCUT2D eigenvalue weighted by molar-refractivity contribution is 5.07. The van der Waals surface area contributed by atoms with Crippen molar-refractivity contribution < 1.29 is 0 Å². The van der Waals surface area contributed by atoms with Crippen LogP contribution < -0.4 is 5.32 Å². The van der Waals surface area contributed by atoms with Crippen molar-refractivity contribution in [1.82, 2.24) is 15.5 Å². The van der Waals surface area contributed by atoms with E-state index in [-0.39, 0.29) is 0 Å². The number of aromatic amines is 1. The first-order valence-corrected chi connectivity index (χ1v) is 5.73. The van der Waals surface area contributed by atoms with E-state index in [4.69, 9.17) is 0 Å². The summed E-state index contributed by atoms with van der Waals surface area (Å²) in [6.07, 6.45) is 12.2. The van der Waals surface area contributed by atoms with Gasteiger partial charge < -0.3 is 5.32 Å². The summed E-state index contributed by atoms with van der Waals surface area (Å²) in [5.41, 5.74) is 1.24. The summed E-state index contributed by atoms with van der Waals surface area (Å²) in [5.74, 6) is 0.810. The highest BCUT2D eigenvalue weighted by Gasteiger charge is 2.12. The SMILES string of the molecule is CC(NCC1CC=CCC1)c1cn[nH]c1. The second kappa shape index (κ2) is 5.12. The number of nitrogens with zero attached hydrogens (tertiary/aromatic N) is 1. The molecule has 2 unspecified atom stereocenters. The molecule has 1 aromatic rings. The summed E-state index contributed by atoms with van der Waals surface area (Å²) in [6.45, 7) is 3.29. The van der Waals surface area contributed by atoms with Gasteiger partial charge >= 0.3 is 0 Å². The number of nitrogens with one attached hydrogen (secondary N) is 2. The van der Waals surface area contributed by atoms with Gasteiger partial charge in [0.2, 0.25) is 0 Å². The van der Waals surface area contributed by atoms with E-state index in [1.54, 1.807) is 0 Å². The summed E-state index contributed by atoms with van der Waals surface area (Å²) >= 11 is 0. The Hall–Kier alpha value is -1.09. The highest BCUT2D eigenvalue weighted by atomic mass is 15.1. The Bertz CT molecular complexity index is 303. The summed E-state index contributed by atoms with van der Waals surface area (Å²) in [5, 5.41) is 10.4. The Morgan fingerprint density at radius 3 is 3.20 bits per heavy atom. The van der Waals surface area contributed by atoms with E-state index in [2.05, 4.69) is 34.6 Å². The van der Waals surface area contributed by atoms with E-state index < -0.39 is 0 Å². The zero-order chi connectivity index (χ0) is 10.5. The molecule has 0 aliphatic heterocycles. The smallest absolute Gasteiger partial charge is 0.0534 e. The van der Waals surface area contributed by atoms with Gasteiger partial charge in [0.05, 0.1) is 6.20 Å². The van der Waals surface area contributed by atoms with Crippen molar-refractivity contribution in [2.24, 2.45) is 5.92 Å². The fourth-order valence-electron chi connectivity index (χ4n) is 2.00.